The minimum atomic E-state index is -1.28. The Bertz CT molecular complexity index is 746. The Kier molecular flexibility index (Phi) is 6.59. The Balaban J connectivity index is 2.21. The van der Waals surface area contributed by atoms with Gasteiger partial charge in [0.1, 0.15) is 18.5 Å². The molecular weight excluding hydrogens is 360 g/mol. The van der Waals surface area contributed by atoms with E-state index in [0.717, 1.165) is 12.1 Å². The molecule has 134 valence electrons. The zero-order chi connectivity index (χ0) is 18.4. The molecule has 0 spiro atoms. The van der Waals surface area contributed by atoms with Crippen molar-refractivity contribution in [3.63, 3.8) is 0 Å². The van der Waals surface area contributed by atoms with Gasteiger partial charge in [-0.2, -0.15) is 0 Å². The Morgan fingerprint density at radius 1 is 1.32 bits per heavy atom. The van der Waals surface area contributed by atoms with Crippen LogP contribution in [0.15, 0.2) is 30.5 Å². The van der Waals surface area contributed by atoms with Gasteiger partial charge in [-0.3, -0.25) is 9.63 Å². The first-order valence-corrected chi connectivity index (χ1v) is 7.37. The van der Waals surface area contributed by atoms with Crippen LogP contribution >= 0.6 is 11.6 Å². The van der Waals surface area contributed by atoms with Crippen molar-refractivity contribution < 1.29 is 28.6 Å². The predicted octanol–water partition coefficient (Wildman–Crippen LogP) is 1.77. The molecule has 0 aliphatic rings. The molecule has 1 amide bonds. The van der Waals surface area contributed by atoms with E-state index in [1.54, 1.807) is 0 Å². The molecule has 7 nitrogen and oxygen atoms in total. The fourth-order valence-corrected chi connectivity index (χ4v) is 1.86. The van der Waals surface area contributed by atoms with Crippen LogP contribution in [0.25, 0.3) is 0 Å². The zero-order valence-electron chi connectivity index (χ0n) is 12.7. The lowest BCUT2D eigenvalue weighted by Crippen LogP contribution is -2.30. The van der Waals surface area contributed by atoms with Crippen molar-refractivity contribution >= 4 is 29.0 Å². The largest absolute Gasteiger partial charge is 0.394 e. The minimum absolute atomic E-state index is 0.138. The summed E-state index contributed by atoms with van der Waals surface area (Å²) in [5, 5.41) is 20.6. The first kappa shape index (κ1) is 19.0. The number of hydroxylamine groups is 1. The number of aliphatic hydroxyl groups excluding tert-OH is 2. The van der Waals surface area contributed by atoms with Gasteiger partial charge in [0.2, 0.25) is 0 Å². The Labute approximate surface area is 146 Å². The van der Waals surface area contributed by atoms with E-state index in [0.29, 0.717) is 5.02 Å². The number of anilines is 2. The quantitative estimate of drug-likeness (QED) is 0.551. The molecule has 1 unspecified atom stereocenters. The summed E-state index contributed by atoms with van der Waals surface area (Å²) in [5.41, 5.74) is 1.26. The average molecular weight is 374 g/mol. The molecular formula is C15H14ClF2N3O4. The average Bonchev–Trinajstić information content (AvgIpc) is 2.60. The summed E-state index contributed by atoms with van der Waals surface area (Å²) in [6.45, 7) is -0.941. The highest BCUT2D eigenvalue weighted by Crippen LogP contribution is 2.26. The highest BCUT2D eigenvalue weighted by atomic mass is 35.5. The predicted molar refractivity (Wildman–Crippen MR) is 85.4 cm³/mol. The minimum Gasteiger partial charge on any atom is -0.394 e. The van der Waals surface area contributed by atoms with Crippen LogP contribution in [0.4, 0.5) is 20.3 Å². The van der Waals surface area contributed by atoms with Crippen molar-refractivity contribution in [2.24, 2.45) is 0 Å². The number of pyridine rings is 1. The van der Waals surface area contributed by atoms with Gasteiger partial charge >= 0.3 is 0 Å². The molecule has 25 heavy (non-hydrogen) atoms. The van der Waals surface area contributed by atoms with E-state index in [-0.39, 0.29) is 18.0 Å². The number of rotatable bonds is 7. The van der Waals surface area contributed by atoms with Crippen molar-refractivity contribution in [2.75, 3.05) is 18.5 Å². The maximum absolute atomic E-state index is 14.1. The standard InChI is InChI=1S/C15H14ClF2N3O4/c16-8-1-4-12(19-5-8)20-14-10(2-3-11(17)13(14)18)15(24)21-25-7-9(23)6-22/h1-5,9,22-23H,6-7H2,(H,19,20)(H,21,24). The highest BCUT2D eigenvalue weighted by molar-refractivity contribution is 6.30. The number of nitrogens with one attached hydrogen (secondary N) is 2. The molecule has 0 saturated carbocycles. The van der Waals surface area contributed by atoms with Crippen molar-refractivity contribution in [3.05, 3.63) is 52.7 Å². The van der Waals surface area contributed by atoms with E-state index in [9.17, 15) is 13.6 Å². The van der Waals surface area contributed by atoms with Gasteiger partial charge < -0.3 is 15.5 Å². The van der Waals surface area contributed by atoms with Crippen molar-refractivity contribution in [3.8, 4) is 0 Å². The number of carbonyl (C=O) groups is 1. The first-order valence-electron chi connectivity index (χ1n) is 7.00. The molecule has 0 aliphatic heterocycles. The number of aromatic nitrogens is 1. The second-order valence-corrected chi connectivity index (χ2v) is 5.29. The maximum Gasteiger partial charge on any atom is 0.277 e. The Morgan fingerprint density at radius 3 is 2.72 bits per heavy atom. The maximum atomic E-state index is 14.1. The van der Waals surface area contributed by atoms with Crippen LogP contribution in [-0.4, -0.2) is 40.4 Å². The zero-order valence-corrected chi connectivity index (χ0v) is 13.4. The van der Waals surface area contributed by atoms with Gasteiger partial charge in [0.05, 0.1) is 22.9 Å². The summed E-state index contributed by atoms with van der Waals surface area (Å²) in [6.07, 6.45) is 0.0985. The second kappa shape index (κ2) is 8.67. The van der Waals surface area contributed by atoms with Crippen LogP contribution in [0.2, 0.25) is 5.02 Å². The lowest BCUT2D eigenvalue weighted by Gasteiger charge is -2.14. The molecule has 1 heterocycles. The fraction of sp³-hybridized carbons (Fsp3) is 0.200. The number of carbonyl (C=O) groups excluding carboxylic acids is 1. The van der Waals surface area contributed by atoms with Crippen LogP contribution in [-0.2, 0) is 4.84 Å². The van der Waals surface area contributed by atoms with Crippen LogP contribution in [0, 0.1) is 11.6 Å². The SMILES string of the molecule is O=C(NOCC(O)CO)c1ccc(F)c(F)c1Nc1ccc(Cl)cn1. The summed E-state index contributed by atoms with van der Waals surface area (Å²) in [4.78, 5) is 20.7. The molecule has 1 aromatic carbocycles. The number of hydrogen-bond acceptors (Lipinski definition) is 6. The van der Waals surface area contributed by atoms with Crippen LogP contribution < -0.4 is 10.8 Å². The van der Waals surface area contributed by atoms with E-state index in [1.807, 2.05) is 5.48 Å². The molecule has 0 bridgehead atoms. The van der Waals surface area contributed by atoms with Gasteiger partial charge in [-0.05, 0) is 24.3 Å². The number of aliphatic hydroxyl groups is 2. The van der Waals surface area contributed by atoms with E-state index < -0.39 is 35.9 Å². The summed E-state index contributed by atoms with van der Waals surface area (Å²) in [7, 11) is 0. The van der Waals surface area contributed by atoms with Gasteiger partial charge in [-0.1, -0.05) is 11.6 Å². The topological polar surface area (TPSA) is 104 Å². The van der Waals surface area contributed by atoms with Gasteiger partial charge in [0.25, 0.3) is 5.91 Å². The van der Waals surface area contributed by atoms with Crippen molar-refractivity contribution in [2.45, 2.75) is 6.10 Å². The van der Waals surface area contributed by atoms with Crippen LogP contribution in [0.5, 0.6) is 0 Å². The second-order valence-electron chi connectivity index (χ2n) is 4.85. The van der Waals surface area contributed by atoms with Crippen LogP contribution in [0.1, 0.15) is 10.4 Å². The van der Waals surface area contributed by atoms with Gasteiger partial charge in [0.15, 0.2) is 11.6 Å². The molecule has 0 fully saturated rings. The molecule has 0 saturated heterocycles. The third-order valence-electron chi connectivity index (χ3n) is 2.97. The third-order valence-corrected chi connectivity index (χ3v) is 3.19. The number of halogens is 3. The van der Waals surface area contributed by atoms with Gasteiger partial charge in [0, 0.05) is 6.20 Å². The van der Waals surface area contributed by atoms with E-state index in [2.05, 4.69) is 10.3 Å². The Hall–Kier alpha value is -2.33. The van der Waals surface area contributed by atoms with E-state index in [1.165, 1.54) is 18.3 Å². The molecule has 0 radical (unpaired) electrons. The molecule has 1 aromatic heterocycles. The number of amides is 1. The summed E-state index contributed by atoms with van der Waals surface area (Å²) < 4.78 is 27.6. The number of nitrogens with zero attached hydrogens (tertiary/aromatic N) is 1. The van der Waals surface area contributed by atoms with Crippen molar-refractivity contribution in [1.82, 2.24) is 10.5 Å². The Morgan fingerprint density at radius 2 is 2.08 bits per heavy atom. The molecule has 4 N–H and O–H groups in total. The lowest BCUT2D eigenvalue weighted by atomic mass is 10.1. The van der Waals surface area contributed by atoms with E-state index >= 15 is 0 Å². The smallest absolute Gasteiger partial charge is 0.277 e. The molecule has 1 atom stereocenters. The van der Waals surface area contributed by atoms with Crippen LogP contribution in [0.3, 0.4) is 0 Å². The van der Waals surface area contributed by atoms with E-state index in [4.69, 9.17) is 26.7 Å². The summed E-state index contributed by atoms with van der Waals surface area (Å²) >= 11 is 5.70. The van der Waals surface area contributed by atoms with Gasteiger partial charge in [-0.15, -0.1) is 0 Å². The molecule has 10 heteroatoms. The normalized spacial score (nSPS) is 11.9. The highest BCUT2D eigenvalue weighted by Gasteiger charge is 2.20. The third kappa shape index (κ3) is 5.07. The molecule has 0 aliphatic carbocycles. The first-order chi connectivity index (χ1) is 11.9. The molecule has 2 rings (SSSR count). The lowest BCUT2D eigenvalue weighted by molar-refractivity contribution is -0.0295. The monoisotopic (exact) mass is 373 g/mol. The van der Waals surface area contributed by atoms with Gasteiger partial charge in [-0.25, -0.2) is 19.2 Å². The summed E-state index contributed by atoms with van der Waals surface area (Å²) in [6, 6.07) is 4.74. The molecule has 2 aromatic rings. The fourth-order valence-electron chi connectivity index (χ4n) is 1.75. The van der Waals surface area contributed by atoms with Crippen molar-refractivity contribution in [1.29, 1.82) is 0 Å². The summed E-state index contributed by atoms with van der Waals surface area (Å²) in [5.74, 6) is -3.19. The number of hydrogen-bond donors (Lipinski definition) is 4. The number of benzene rings is 1.